The van der Waals surface area contributed by atoms with Crippen molar-refractivity contribution in [2.45, 2.75) is 38.6 Å². The molecule has 0 N–H and O–H groups in total. The molecule has 0 bridgehead atoms. The monoisotopic (exact) mass is 195 g/mol. The largest absolute Gasteiger partial charge is 0.381 e. The van der Waals surface area contributed by atoms with E-state index in [1.165, 1.54) is 0 Å². The van der Waals surface area contributed by atoms with Gasteiger partial charge in [-0.2, -0.15) is 5.10 Å². The Morgan fingerprint density at radius 2 is 2.14 bits per heavy atom. The van der Waals surface area contributed by atoms with Gasteiger partial charge in [0.15, 0.2) is 5.82 Å². The summed E-state index contributed by atoms with van der Waals surface area (Å²) in [6.45, 7) is 5.93. The minimum atomic E-state index is 0.413. The van der Waals surface area contributed by atoms with E-state index in [2.05, 4.69) is 23.9 Å². The van der Waals surface area contributed by atoms with Crippen LogP contribution in [0.15, 0.2) is 6.33 Å². The smallest absolute Gasteiger partial charge is 0.153 e. The van der Waals surface area contributed by atoms with Crippen molar-refractivity contribution in [2.75, 3.05) is 13.2 Å². The summed E-state index contributed by atoms with van der Waals surface area (Å²) in [6.07, 6.45) is 3.97. The van der Waals surface area contributed by atoms with E-state index in [9.17, 15) is 0 Å². The van der Waals surface area contributed by atoms with E-state index in [1.54, 1.807) is 0 Å². The van der Waals surface area contributed by atoms with Crippen molar-refractivity contribution in [1.29, 1.82) is 0 Å². The van der Waals surface area contributed by atoms with E-state index in [-0.39, 0.29) is 0 Å². The van der Waals surface area contributed by atoms with Crippen LogP contribution in [0.1, 0.15) is 44.5 Å². The number of nitrogens with zero attached hydrogens (tertiary/aromatic N) is 3. The lowest BCUT2D eigenvalue weighted by atomic mass is 10.1. The molecule has 0 radical (unpaired) electrons. The maximum absolute atomic E-state index is 5.31. The molecule has 0 spiro atoms. The lowest BCUT2D eigenvalue weighted by Gasteiger charge is -2.21. The van der Waals surface area contributed by atoms with Crippen molar-refractivity contribution >= 4 is 0 Å². The Bertz CT molecular complexity index is 289. The van der Waals surface area contributed by atoms with Crippen LogP contribution in [0.3, 0.4) is 0 Å². The fraction of sp³-hybridized carbons (Fsp3) is 0.800. The van der Waals surface area contributed by atoms with Gasteiger partial charge in [-0.3, -0.25) is 0 Å². The average Bonchev–Trinajstić information content (AvgIpc) is 2.68. The summed E-state index contributed by atoms with van der Waals surface area (Å²) < 4.78 is 7.31. The fourth-order valence-electron chi connectivity index (χ4n) is 1.68. The van der Waals surface area contributed by atoms with Crippen LogP contribution in [0.5, 0.6) is 0 Å². The summed E-state index contributed by atoms with van der Waals surface area (Å²) in [5.41, 5.74) is 0. The third-order valence-corrected chi connectivity index (χ3v) is 2.61. The van der Waals surface area contributed by atoms with Crippen molar-refractivity contribution < 1.29 is 4.74 Å². The molecule has 0 aliphatic carbocycles. The Balaban J connectivity index is 2.07. The first-order valence-corrected chi connectivity index (χ1v) is 5.26. The highest BCUT2D eigenvalue weighted by atomic mass is 16.5. The van der Waals surface area contributed by atoms with Crippen LogP contribution in [0, 0.1) is 0 Å². The SMILES string of the molecule is CC(C)c1ncn(C2CCOCC2)n1. The number of hydrogen-bond donors (Lipinski definition) is 0. The van der Waals surface area contributed by atoms with Gasteiger partial charge in [-0.1, -0.05) is 13.8 Å². The predicted octanol–water partition coefficient (Wildman–Crippen LogP) is 1.75. The van der Waals surface area contributed by atoms with E-state index in [4.69, 9.17) is 4.74 Å². The van der Waals surface area contributed by atoms with Gasteiger partial charge in [0.25, 0.3) is 0 Å². The number of hydrogen-bond acceptors (Lipinski definition) is 3. The summed E-state index contributed by atoms with van der Waals surface area (Å²) in [7, 11) is 0. The molecule has 0 amide bonds. The molecule has 4 nitrogen and oxygen atoms in total. The Kier molecular flexibility index (Phi) is 2.82. The van der Waals surface area contributed by atoms with Crippen LogP contribution in [-0.2, 0) is 4.74 Å². The molecule has 0 aromatic carbocycles. The molecule has 4 heteroatoms. The standard InChI is InChI=1S/C10H17N3O/c1-8(2)10-11-7-13(12-10)9-3-5-14-6-4-9/h7-9H,3-6H2,1-2H3. The molecule has 78 valence electrons. The predicted molar refractivity (Wildman–Crippen MR) is 53.2 cm³/mol. The Hall–Kier alpha value is -0.900. The summed E-state index contributed by atoms with van der Waals surface area (Å²) in [4.78, 5) is 4.30. The van der Waals surface area contributed by atoms with Crippen LogP contribution in [0.25, 0.3) is 0 Å². The van der Waals surface area contributed by atoms with Gasteiger partial charge in [-0.25, -0.2) is 9.67 Å². The zero-order valence-electron chi connectivity index (χ0n) is 8.81. The highest BCUT2D eigenvalue weighted by Gasteiger charge is 2.17. The van der Waals surface area contributed by atoms with Gasteiger partial charge in [0.2, 0.25) is 0 Å². The van der Waals surface area contributed by atoms with Crippen molar-refractivity contribution in [1.82, 2.24) is 14.8 Å². The Labute approximate surface area is 84.3 Å². The summed E-state index contributed by atoms with van der Waals surface area (Å²) in [5, 5.41) is 4.48. The molecule has 2 heterocycles. The third-order valence-electron chi connectivity index (χ3n) is 2.61. The zero-order chi connectivity index (χ0) is 9.97. The van der Waals surface area contributed by atoms with Gasteiger partial charge in [-0.05, 0) is 12.8 Å². The highest BCUT2D eigenvalue weighted by Crippen LogP contribution is 2.20. The second kappa shape index (κ2) is 4.09. The van der Waals surface area contributed by atoms with Crippen molar-refractivity contribution in [3.8, 4) is 0 Å². The summed E-state index contributed by atoms with van der Waals surface area (Å²) >= 11 is 0. The first kappa shape index (κ1) is 9.65. The third kappa shape index (κ3) is 1.95. The number of ether oxygens (including phenoxy) is 1. The van der Waals surface area contributed by atoms with Crippen LogP contribution >= 0.6 is 0 Å². The topological polar surface area (TPSA) is 39.9 Å². The van der Waals surface area contributed by atoms with E-state index < -0.39 is 0 Å². The van der Waals surface area contributed by atoms with Crippen molar-refractivity contribution in [2.24, 2.45) is 0 Å². The Morgan fingerprint density at radius 1 is 1.43 bits per heavy atom. The molecular formula is C10H17N3O. The van der Waals surface area contributed by atoms with Gasteiger partial charge in [0, 0.05) is 19.1 Å². The maximum atomic E-state index is 5.31. The molecule has 1 aromatic rings. The molecule has 0 unspecified atom stereocenters. The van der Waals surface area contributed by atoms with Crippen LogP contribution in [0.4, 0.5) is 0 Å². The molecule has 1 aliphatic rings. The van der Waals surface area contributed by atoms with Crippen molar-refractivity contribution in [3.05, 3.63) is 12.2 Å². The van der Waals surface area contributed by atoms with Crippen molar-refractivity contribution in [3.63, 3.8) is 0 Å². The van der Waals surface area contributed by atoms with E-state index in [0.29, 0.717) is 12.0 Å². The second-order valence-electron chi connectivity index (χ2n) is 4.08. The molecule has 1 aromatic heterocycles. The maximum Gasteiger partial charge on any atom is 0.153 e. The van der Waals surface area contributed by atoms with Gasteiger partial charge in [0.05, 0.1) is 6.04 Å². The van der Waals surface area contributed by atoms with Crippen LogP contribution in [0.2, 0.25) is 0 Å². The van der Waals surface area contributed by atoms with Crippen LogP contribution < -0.4 is 0 Å². The first-order valence-electron chi connectivity index (χ1n) is 5.26. The quantitative estimate of drug-likeness (QED) is 0.721. The zero-order valence-corrected chi connectivity index (χ0v) is 8.81. The van der Waals surface area contributed by atoms with Gasteiger partial charge in [-0.15, -0.1) is 0 Å². The second-order valence-corrected chi connectivity index (χ2v) is 4.08. The Morgan fingerprint density at radius 3 is 2.71 bits per heavy atom. The molecule has 1 saturated heterocycles. The van der Waals surface area contributed by atoms with Gasteiger partial charge < -0.3 is 4.74 Å². The normalized spacial score (nSPS) is 19.1. The summed E-state index contributed by atoms with van der Waals surface area (Å²) in [5.74, 6) is 1.35. The van der Waals surface area contributed by atoms with Gasteiger partial charge >= 0.3 is 0 Å². The minimum absolute atomic E-state index is 0.413. The van der Waals surface area contributed by atoms with Gasteiger partial charge in [0.1, 0.15) is 6.33 Å². The fourth-order valence-corrected chi connectivity index (χ4v) is 1.68. The highest BCUT2D eigenvalue weighted by molar-refractivity contribution is 4.89. The lowest BCUT2D eigenvalue weighted by molar-refractivity contribution is 0.0660. The number of rotatable bonds is 2. The molecule has 1 aliphatic heterocycles. The molecular weight excluding hydrogens is 178 g/mol. The molecule has 0 atom stereocenters. The van der Waals surface area contributed by atoms with E-state index in [1.807, 2.05) is 11.0 Å². The molecule has 14 heavy (non-hydrogen) atoms. The lowest BCUT2D eigenvalue weighted by Crippen LogP contribution is -2.20. The summed E-state index contributed by atoms with van der Waals surface area (Å²) in [6, 6.07) is 0.490. The number of aromatic nitrogens is 3. The molecule has 1 fully saturated rings. The minimum Gasteiger partial charge on any atom is -0.381 e. The molecule has 2 rings (SSSR count). The average molecular weight is 195 g/mol. The first-order chi connectivity index (χ1) is 6.77. The molecule has 0 saturated carbocycles. The van der Waals surface area contributed by atoms with Crippen LogP contribution in [-0.4, -0.2) is 28.0 Å². The van der Waals surface area contributed by atoms with E-state index >= 15 is 0 Å². The van der Waals surface area contributed by atoms with E-state index in [0.717, 1.165) is 31.9 Å².